The Labute approximate surface area is 118 Å². The lowest BCUT2D eigenvalue weighted by molar-refractivity contribution is 0.0814. The van der Waals surface area contributed by atoms with E-state index in [0.717, 1.165) is 36.5 Å². The SMILES string of the molecule is CCCOc1ccccc1OCC1(CBr)CCC1. The van der Waals surface area contributed by atoms with Crippen molar-refractivity contribution >= 4 is 15.9 Å². The van der Waals surface area contributed by atoms with Gasteiger partial charge in [0.05, 0.1) is 13.2 Å². The van der Waals surface area contributed by atoms with Crippen LogP contribution in [-0.4, -0.2) is 18.5 Å². The minimum Gasteiger partial charge on any atom is -0.490 e. The van der Waals surface area contributed by atoms with Crippen molar-refractivity contribution in [1.29, 1.82) is 0 Å². The van der Waals surface area contributed by atoms with Gasteiger partial charge in [-0.2, -0.15) is 0 Å². The Morgan fingerprint density at radius 3 is 2.33 bits per heavy atom. The van der Waals surface area contributed by atoms with Crippen molar-refractivity contribution in [3.8, 4) is 11.5 Å². The van der Waals surface area contributed by atoms with E-state index >= 15 is 0 Å². The topological polar surface area (TPSA) is 18.5 Å². The van der Waals surface area contributed by atoms with Crippen LogP contribution in [-0.2, 0) is 0 Å². The third-order valence-electron chi connectivity index (χ3n) is 3.54. The van der Waals surface area contributed by atoms with Crippen molar-refractivity contribution in [1.82, 2.24) is 0 Å². The van der Waals surface area contributed by atoms with E-state index in [1.807, 2.05) is 24.3 Å². The van der Waals surface area contributed by atoms with Crippen LogP contribution in [0.2, 0.25) is 0 Å². The van der Waals surface area contributed by atoms with Crippen LogP contribution in [0.25, 0.3) is 0 Å². The van der Waals surface area contributed by atoms with Crippen LogP contribution in [0.4, 0.5) is 0 Å². The highest BCUT2D eigenvalue weighted by atomic mass is 79.9. The highest BCUT2D eigenvalue weighted by Gasteiger charge is 2.36. The van der Waals surface area contributed by atoms with Gasteiger partial charge in [0.2, 0.25) is 0 Å². The molecule has 2 nitrogen and oxygen atoms in total. The first-order valence-corrected chi connectivity index (χ1v) is 7.82. The summed E-state index contributed by atoms with van der Waals surface area (Å²) in [5.41, 5.74) is 0.345. The minimum absolute atomic E-state index is 0.345. The maximum Gasteiger partial charge on any atom is 0.161 e. The molecule has 100 valence electrons. The summed E-state index contributed by atoms with van der Waals surface area (Å²) < 4.78 is 11.7. The van der Waals surface area contributed by atoms with Gasteiger partial charge < -0.3 is 9.47 Å². The van der Waals surface area contributed by atoms with E-state index in [4.69, 9.17) is 9.47 Å². The van der Waals surface area contributed by atoms with E-state index in [1.54, 1.807) is 0 Å². The van der Waals surface area contributed by atoms with Crippen LogP contribution in [0.1, 0.15) is 32.6 Å². The monoisotopic (exact) mass is 312 g/mol. The molecule has 0 aromatic heterocycles. The lowest BCUT2D eigenvalue weighted by Gasteiger charge is -2.40. The quantitative estimate of drug-likeness (QED) is 0.694. The smallest absolute Gasteiger partial charge is 0.161 e. The average Bonchev–Trinajstić information content (AvgIpc) is 2.37. The molecule has 1 aliphatic carbocycles. The fourth-order valence-electron chi connectivity index (χ4n) is 2.12. The van der Waals surface area contributed by atoms with Crippen molar-refractivity contribution in [2.24, 2.45) is 5.41 Å². The zero-order chi connectivity index (χ0) is 12.8. The van der Waals surface area contributed by atoms with E-state index in [0.29, 0.717) is 5.41 Å². The van der Waals surface area contributed by atoms with Crippen LogP contribution in [0.5, 0.6) is 11.5 Å². The van der Waals surface area contributed by atoms with Crippen LogP contribution in [0.3, 0.4) is 0 Å². The number of halogens is 1. The zero-order valence-electron chi connectivity index (χ0n) is 11.0. The molecule has 0 radical (unpaired) electrons. The normalized spacial score (nSPS) is 17.0. The van der Waals surface area contributed by atoms with Crippen molar-refractivity contribution in [2.75, 3.05) is 18.5 Å². The first-order valence-electron chi connectivity index (χ1n) is 6.70. The van der Waals surface area contributed by atoms with Crippen LogP contribution < -0.4 is 9.47 Å². The molecule has 1 aromatic carbocycles. The molecule has 0 unspecified atom stereocenters. The fourth-order valence-corrected chi connectivity index (χ4v) is 2.85. The number of hydrogen-bond donors (Lipinski definition) is 0. The second-order valence-electron chi connectivity index (χ2n) is 5.07. The van der Waals surface area contributed by atoms with Gasteiger partial charge in [0.15, 0.2) is 11.5 Å². The summed E-state index contributed by atoms with van der Waals surface area (Å²) in [5.74, 6) is 1.74. The van der Waals surface area contributed by atoms with Gasteiger partial charge >= 0.3 is 0 Å². The predicted octanol–water partition coefficient (Wildman–Crippen LogP) is 4.42. The Bertz CT molecular complexity index is 369. The summed E-state index contributed by atoms with van der Waals surface area (Å²) in [6.07, 6.45) is 4.86. The van der Waals surface area contributed by atoms with E-state index in [2.05, 4.69) is 22.9 Å². The second kappa shape index (κ2) is 6.46. The Kier molecular flexibility index (Phi) is 4.93. The number of rotatable bonds is 7. The molecule has 18 heavy (non-hydrogen) atoms. The Morgan fingerprint density at radius 1 is 1.17 bits per heavy atom. The Morgan fingerprint density at radius 2 is 1.83 bits per heavy atom. The zero-order valence-corrected chi connectivity index (χ0v) is 12.5. The maximum atomic E-state index is 5.98. The molecule has 0 saturated heterocycles. The number of para-hydroxylation sites is 2. The summed E-state index contributed by atoms with van der Waals surface area (Å²) in [5, 5.41) is 1.03. The maximum absolute atomic E-state index is 5.98. The van der Waals surface area contributed by atoms with Gasteiger partial charge in [0.1, 0.15) is 0 Å². The molecule has 1 saturated carbocycles. The Balaban J connectivity index is 1.95. The highest BCUT2D eigenvalue weighted by molar-refractivity contribution is 9.09. The average molecular weight is 313 g/mol. The van der Waals surface area contributed by atoms with E-state index in [9.17, 15) is 0 Å². The van der Waals surface area contributed by atoms with Gasteiger partial charge in [-0.05, 0) is 31.4 Å². The van der Waals surface area contributed by atoms with E-state index < -0.39 is 0 Å². The molecule has 0 aliphatic heterocycles. The lowest BCUT2D eigenvalue weighted by Crippen LogP contribution is -2.37. The number of hydrogen-bond acceptors (Lipinski definition) is 2. The number of ether oxygens (including phenoxy) is 2. The molecule has 0 bridgehead atoms. The van der Waals surface area contributed by atoms with Crippen LogP contribution in [0.15, 0.2) is 24.3 Å². The molecule has 0 atom stereocenters. The van der Waals surface area contributed by atoms with Crippen molar-refractivity contribution in [3.05, 3.63) is 24.3 Å². The molecule has 0 amide bonds. The molecule has 1 fully saturated rings. The first-order chi connectivity index (χ1) is 8.79. The van der Waals surface area contributed by atoms with Crippen molar-refractivity contribution in [3.63, 3.8) is 0 Å². The lowest BCUT2D eigenvalue weighted by atomic mass is 9.71. The first kappa shape index (κ1) is 13.7. The Hall–Kier alpha value is -0.700. The number of benzene rings is 1. The van der Waals surface area contributed by atoms with Gasteiger partial charge in [-0.25, -0.2) is 0 Å². The summed E-state index contributed by atoms with van der Waals surface area (Å²) in [4.78, 5) is 0. The number of alkyl halides is 1. The summed E-state index contributed by atoms with van der Waals surface area (Å²) in [7, 11) is 0. The van der Waals surface area contributed by atoms with E-state index in [1.165, 1.54) is 19.3 Å². The molecule has 3 heteroatoms. The van der Waals surface area contributed by atoms with Gasteiger partial charge in [-0.3, -0.25) is 0 Å². The third kappa shape index (κ3) is 3.19. The van der Waals surface area contributed by atoms with Crippen molar-refractivity contribution in [2.45, 2.75) is 32.6 Å². The second-order valence-corrected chi connectivity index (χ2v) is 5.63. The largest absolute Gasteiger partial charge is 0.490 e. The van der Waals surface area contributed by atoms with Crippen molar-refractivity contribution < 1.29 is 9.47 Å². The van der Waals surface area contributed by atoms with Crippen LogP contribution >= 0.6 is 15.9 Å². The molecule has 1 aromatic rings. The molecule has 1 aliphatic rings. The molecule has 0 heterocycles. The predicted molar refractivity (Wildman–Crippen MR) is 77.8 cm³/mol. The highest BCUT2D eigenvalue weighted by Crippen LogP contribution is 2.43. The summed E-state index contributed by atoms with van der Waals surface area (Å²) in [6, 6.07) is 7.95. The third-order valence-corrected chi connectivity index (χ3v) is 4.73. The molecule has 0 N–H and O–H groups in total. The minimum atomic E-state index is 0.345. The molecular weight excluding hydrogens is 292 g/mol. The summed E-state index contributed by atoms with van der Waals surface area (Å²) >= 11 is 3.61. The summed E-state index contributed by atoms with van der Waals surface area (Å²) in [6.45, 7) is 3.63. The fraction of sp³-hybridized carbons (Fsp3) is 0.600. The van der Waals surface area contributed by atoms with Gasteiger partial charge in [0, 0.05) is 10.7 Å². The molecule has 2 rings (SSSR count). The molecule has 0 spiro atoms. The molecular formula is C15H21BrO2. The van der Waals surface area contributed by atoms with Gasteiger partial charge in [-0.1, -0.05) is 41.4 Å². The standard InChI is InChI=1S/C15H21BrO2/c1-2-10-17-13-6-3-4-7-14(13)18-12-15(11-16)8-5-9-15/h3-4,6-7H,2,5,8-12H2,1H3. The van der Waals surface area contributed by atoms with Gasteiger partial charge in [0.25, 0.3) is 0 Å². The van der Waals surface area contributed by atoms with E-state index in [-0.39, 0.29) is 0 Å². The van der Waals surface area contributed by atoms with Gasteiger partial charge in [-0.15, -0.1) is 0 Å². The van der Waals surface area contributed by atoms with Crippen LogP contribution in [0, 0.1) is 5.41 Å².